The maximum absolute atomic E-state index is 12.3. The number of piperidine rings is 1. The monoisotopic (exact) mass is 343 g/mol. The fraction of sp³-hybridized carbons (Fsp3) is 0.333. The zero-order valence-electron chi connectivity index (χ0n) is 13.2. The van der Waals surface area contributed by atoms with E-state index in [0.29, 0.717) is 10.6 Å². The number of nitrogens with zero attached hydrogens (tertiary/aromatic N) is 3. The molecule has 0 spiro atoms. The van der Waals surface area contributed by atoms with Gasteiger partial charge in [0.1, 0.15) is 0 Å². The number of likely N-dealkylation sites (tertiary alicyclic amines) is 1. The number of rotatable bonds is 3. The Morgan fingerprint density at radius 3 is 3.04 bits per heavy atom. The molecule has 4 rings (SSSR count). The molecule has 5 nitrogen and oxygen atoms in total. The van der Waals surface area contributed by atoms with Gasteiger partial charge in [-0.2, -0.15) is 0 Å². The lowest BCUT2D eigenvalue weighted by Crippen LogP contribution is -2.38. The van der Waals surface area contributed by atoms with Crippen molar-refractivity contribution < 1.29 is 4.42 Å². The summed E-state index contributed by atoms with van der Waals surface area (Å²) in [6.07, 6.45) is 3.81. The number of halogens is 1. The Morgan fingerprint density at radius 2 is 2.21 bits per heavy atom. The van der Waals surface area contributed by atoms with E-state index in [1.165, 1.54) is 0 Å². The van der Waals surface area contributed by atoms with E-state index in [9.17, 15) is 4.79 Å². The summed E-state index contributed by atoms with van der Waals surface area (Å²) in [7, 11) is 0. The third-order valence-electron chi connectivity index (χ3n) is 4.53. The molecule has 0 amide bonds. The minimum atomic E-state index is -0.308. The van der Waals surface area contributed by atoms with Crippen LogP contribution in [0.1, 0.15) is 24.6 Å². The SMILES string of the molecule is O=c1oc2ccc(Cl)cc2n1[C@@H]1CCCN(Cc2ccccn2)C1. The largest absolute Gasteiger partial charge is 0.420 e. The van der Waals surface area contributed by atoms with Gasteiger partial charge in [0.15, 0.2) is 5.58 Å². The Morgan fingerprint density at radius 1 is 1.29 bits per heavy atom. The first-order valence-corrected chi connectivity index (χ1v) is 8.51. The van der Waals surface area contributed by atoms with Crippen molar-refractivity contribution in [1.29, 1.82) is 0 Å². The molecule has 1 aliphatic rings. The summed E-state index contributed by atoms with van der Waals surface area (Å²) in [6.45, 7) is 2.61. The van der Waals surface area contributed by atoms with E-state index in [2.05, 4.69) is 9.88 Å². The van der Waals surface area contributed by atoms with Gasteiger partial charge >= 0.3 is 5.76 Å². The number of hydrogen-bond acceptors (Lipinski definition) is 4. The van der Waals surface area contributed by atoms with Crippen molar-refractivity contribution in [3.63, 3.8) is 0 Å². The Kier molecular flexibility index (Phi) is 4.12. The molecule has 1 saturated heterocycles. The fourth-order valence-electron chi connectivity index (χ4n) is 3.46. The Hall–Kier alpha value is -2.11. The van der Waals surface area contributed by atoms with Crippen LogP contribution in [-0.4, -0.2) is 27.5 Å². The topological polar surface area (TPSA) is 51.3 Å². The quantitative estimate of drug-likeness (QED) is 0.730. The van der Waals surface area contributed by atoms with E-state index in [4.69, 9.17) is 16.0 Å². The molecule has 0 aliphatic carbocycles. The van der Waals surface area contributed by atoms with Crippen molar-refractivity contribution in [2.75, 3.05) is 13.1 Å². The van der Waals surface area contributed by atoms with E-state index in [0.717, 1.165) is 43.7 Å². The van der Waals surface area contributed by atoms with Gasteiger partial charge in [-0.15, -0.1) is 0 Å². The van der Waals surface area contributed by atoms with E-state index >= 15 is 0 Å². The zero-order valence-corrected chi connectivity index (χ0v) is 13.9. The summed E-state index contributed by atoms with van der Waals surface area (Å²) < 4.78 is 7.13. The molecule has 0 N–H and O–H groups in total. The van der Waals surface area contributed by atoms with Crippen LogP contribution in [0.3, 0.4) is 0 Å². The normalized spacial score (nSPS) is 19.0. The second-order valence-electron chi connectivity index (χ2n) is 6.20. The summed E-state index contributed by atoms with van der Waals surface area (Å²) in [5.41, 5.74) is 2.41. The summed E-state index contributed by atoms with van der Waals surface area (Å²) in [5.74, 6) is -0.308. The van der Waals surface area contributed by atoms with Gasteiger partial charge in [0.2, 0.25) is 0 Å². The van der Waals surface area contributed by atoms with Gasteiger partial charge in [-0.1, -0.05) is 17.7 Å². The average Bonchev–Trinajstić information content (AvgIpc) is 2.91. The Labute approximate surface area is 144 Å². The van der Waals surface area contributed by atoms with Crippen LogP contribution in [-0.2, 0) is 6.54 Å². The van der Waals surface area contributed by atoms with Crippen molar-refractivity contribution in [3.05, 3.63) is 63.9 Å². The lowest BCUT2D eigenvalue weighted by Gasteiger charge is -2.32. The van der Waals surface area contributed by atoms with E-state index in [1.807, 2.05) is 24.4 Å². The minimum absolute atomic E-state index is 0.0923. The first-order chi connectivity index (χ1) is 11.7. The minimum Gasteiger partial charge on any atom is -0.408 e. The van der Waals surface area contributed by atoms with Crippen LogP contribution >= 0.6 is 11.6 Å². The maximum atomic E-state index is 12.3. The molecule has 24 heavy (non-hydrogen) atoms. The molecule has 0 unspecified atom stereocenters. The Bertz CT molecular complexity index is 904. The first kappa shape index (κ1) is 15.4. The summed E-state index contributed by atoms with van der Waals surface area (Å²) >= 11 is 6.10. The number of hydrogen-bond donors (Lipinski definition) is 0. The smallest absolute Gasteiger partial charge is 0.408 e. The molecule has 1 aliphatic heterocycles. The van der Waals surface area contributed by atoms with Crippen LogP contribution in [0.5, 0.6) is 0 Å². The third-order valence-corrected chi connectivity index (χ3v) is 4.77. The van der Waals surface area contributed by atoms with Crippen molar-refractivity contribution in [3.8, 4) is 0 Å². The van der Waals surface area contributed by atoms with Crippen molar-refractivity contribution in [2.24, 2.45) is 0 Å². The second kappa shape index (κ2) is 6.42. The summed E-state index contributed by atoms with van der Waals surface area (Å²) in [5, 5.41) is 0.609. The van der Waals surface area contributed by atoms with Crippen molar-refractivity contribution in [2.45, 2.75) is 25.4 Å². The van der Waals surface area contributed by atoms with Gasteiger partial charge in [0, 0.05) is 24.3 Å². The molecule has 0 radical (unpaired) electrons. The number of benzene rings is 1. The van der Waals surface area contributed by atoms with Crippen molar-refractivity contribution in [1.82, 2.24) is 14.5 Å². The standard InChI is InChI=1S/C18H18ClN3O2/c19-13-6-7-17-16(10-13)22(18(23)24-17)15-5-3-9-21(12-15)11-14-4-1-2-8-20-14/h1-2,4,6-8,10,15H,3,5,9,11-12H2/t15-/m1/s1. The highest BCUT2D eigenvalue weighted by Gasteiger charge is 2.25. The highest BCUT2D eigenvalue weighted by Crippen LogP contribution is 2.27. The Balaban J connectivity index is 1.61. The predicted molar refractivity (Wildman–Crippen MR) is 93.3 cm³/mol. The van der Waals surface area contributed by atoms with E-state index in [1.54, 1.807) is 22.8 Å². The van der Waals surface area contributed by atoms with Gasteiger partial charge in [-0.05, 0) is 49.7 Å². The van der Waals surface area contributed by atoms with Crippen LogP contribution in [0.15, 0.2) is 51.8 Å². The molecular formula is C18H18ClN3O2. The molecule has 124 valence electrons. The van der Waals surface area contributed by atoms with E-state index in [-0.39, 0.29) is 11.8 Å². The summed E-state index contributed by atoms with van der Waals surface area (Å²) in [4.78, 5) is 19.1. The number of pyridine rings is 1. The van der Waals surface area contributed by atoms with Gasteiger partial charge in [-0.3, -0.25) is 14.5 Å². The van der Waals surface area contributed by atoms with Gasteiger partial charge in [0.05, 0.1) is 17.3 Å². The maximum Gasteiger partial charge on any atom is 0.420 e. The van der Waals surface area contributed by atoms with Crippen LogP contribution in [0.25, 0.3) is 11.1 Å². The van der Waals surface area contributed by atoms with Crippen LogP contribution < -0.4 is 5.76 Å². The molecule has 1 aromatic carbocycles. The predicted octanol–water partition coefficient (Wildman–Crippen LogP) is 3.48. The van der Waals surface area contributed by atoms with Gasteiger partial charge in [-0.25, -0.2) is 4.79 Å². The number of fused-ring (bicyclic) bond motifs is 1. The van der Waals surface area contributed by atoms with Crippen LogP contribution in [0, 0.1) is 0 Å². The molecule has 0 saturated carbocycles. The second-order valence-corrected chi connectivity index (χ2v) is 6.64. The van der Waals surface area contributed by atoms with Gasteiger partial charge < -0.3 is 4.42 Å². The lowest BCUT2D eigenvalue weighted by molar-refractivity contribution is 0.166. The molecule has 1 fully saturated rings. The average molecular weight is 344 g/mol. The van der Waals surface area contributed by atoms with Crippen molar-refractivity contribution >= 4 is 22.7 Å². The molecule has 3 heterocycles. The molecule has 0 bridgehead atoms. The molecule has 6 heteroatoms. The highest BCUT2D eigenvalue weighted by atomic mass is 35.5. The van der Waals surface area contributed by atoms with Gasteiger partial charge in [0.25, 0.3) is 0 Å². The van der Waals surface area contributed by atoms with E-state index < -0.39 is 0 Å². The fourth-order valence-corrected chi connectivity index (χ4v) is 3.63. The van der Waals surface area contributed by atoms with Crippen LogP contribution in [0.4, 0.5) is 0 Å². The third kappa shape index (κ3) is 2.97. The zero-order chi connectivity index (χ0) is 16.5. The number of aromatic nitrogens is 2. The lowest BCUT2D eigenvalue weighted by atomic mass is 10.0. The molecular weight excluding hydrogens is 326 g/mol. The highest BCUT2D eigenvalue weighted by molar-refractivity contribution is 6.31. The molecule has 1 atom stereocenters. The molecule has 2 aromatic heterocycles. The van der Waals surface area contributed by atoms with Crippen LogP contribution in [0.2, 0.25) is 5.02 Å². The summed E-state index contributed by atoms with van der Waals surface area (Å²) in [6, 6.07) is 11.3. The first-order valence-electron chi connectivity index (χ1n) is 8.13. The molecule has 3 aromatic rings. The number of oxazole rings is 1.